The highest BCUT2D eigenvalue weighted by Crippen LogP contribution is 2.31. The number of hydrogen-bond acceptors (Lipinski definition) is 4. The van der Waals surface area contributed by atoms with Gasteiger partial charge in [0.25, 0.3) is 0 Å². The summed E-state index contributed by atoms with van der Waals surface area (Å²) < 4.78 is 5.19. The van der Waals surface area contributed by atoms with Crippen LogP contribution < -0.4 is 10.6 Å². The van der Waals surface area contributed by atoms with Gasteiger partial charge in [-0.1, -0.05) is 6.07 Å². The van der Waals surface area contributed by atoms with E-state index in [2.05, 4.69) is 10.6 Å². The molecular weight excluding hydrogens is 280 g/mol. The van der Waals surface area contributed by atoms with E-state index in [1.54, 1.807) is 6.07 Å². The van der Waals surface area contributed by atoms with E-state index in [-0.39, 0.29) is 6.04 Å². The highest BCUT2D eigenvalue weighted by molar-refractivity contribution is 5.67. The summed E-state index contributed by atoms with van der Waals surface area (Å²) >= 11 is 0. The molecule has 0 saturated carbocycles. The Balaban J connectivity index is 1.79. The van der Waals surface area contributed by atoms with Crippen molar-refractivity contribution >= 4 is 6.09 Å². The molecular formula is C17H26N2O3. The number of benzene rings is 1. The number of phenolic OH excluding ortho intramolecular Hbond substituents is 1. The minimum absolute atomic E-state index is 0.233. The average Bonchev–Trinajstić information content (AvgIpc) is 2.42. The number of phenols is 1. The lowest BCUT2D eigenvalue weighted by molar-refractivity contribution is 0.0528. The zero-order valence-electron chi connectivity index (χ0n) is 13.6. The fourth-order valence-corrected chi connectivity index (χ4v) is 2.72. The predicted molar refractivity (Wildman–Crippen MR) is 86.0 cm³/mol. The fourth-order valence-electron chi connectivity index (χ4n) is 2.72. The topological polar surface area (TPSA) is 70.6 Å². The van der Waals surface area contributed by atoms with Crippen molar-refractivity contribution in [3.8, 4) is 5.75 Å². The standard InChI is InChI=1S/C17H26N2O3/c1-17(2,3)22-16(21)19-10-9-18-15-6-4-5-12-7-8-13(20)11-14(12)15/h7-8,11,15,18,20H,4-6,9-10H2,1-3H3,(H,19,21). The SMILES string of the molecule is CC(C)(C)OC(=O)NCCNC1CCCc2ccc(O)cc21. The van der Waals surface area contributed by atoms with Gasteiger partial charge in [-0.15, -0.1) is 0 Å². The number of rotatable bonds is 4. The number of alkyl carbamates (subject to hydrolysis) is 1. The predicted octanol–water partition coefficient (Wildman–Crippen LogP) is 2.88. The molecule has 0 fully saturated rings. The molecule has 22 heavy (non-hydrogen) atoms. The van der Waals surface area contributed by atoms with Gasteiger partial charge >= 0.3 is 6.09 Å². The summed E-state index contributed by atoms with van der Waals surface area (Å²) in [6.07, 6.45) is 2.85. The summed E-state index contributed by atoms with van der Waals surface area (Å²) in [5, 5.41) is 15.8. The first-order valence-corrected chi connectivity index (χ1v) is 7.87. The van der Waals surface area contributed by atoms with Crippen molar-refractivity contribution in [2.24, 2.45) is 0 Å². The van der Waals surface area contributed by atoms with E-state index in [1.165, 1.54) is 11.1 Å². The number of nitrogens with one attached hydrogen (secondary N) is 2. The molecule has 2 rings (SSSR count). The van der Waals surface area contributed by atoms with Crippen LogP contribution in [0.2, 0.25) is 0 Å². The Kier molecular flexibility index (Phi) is 5.29. The Morgan fingerprint density at radius 2 is 2.14 bits per heavy atom. The molecule has 0 bridgehead atoms. The lowest BCUT2D eigenvalue weighted by Gasteiger charge is -2.27. The van der Waals surface area contributed by atoms with Crippen LogP contribution in [0.15, 0.2) is 18.2 Å². The molecule has 122 valence electrons. The van der Waals surface area contributed by atoms with Crippen LogP contribution in [0.5, 0.6) is 5.75 Å². The molecule has 0 radical (unpaired) electrons. The molecule has 5 heteroatoms. The summed E-state index contributed by atoms with van der Waals surface area (Å²) in [6.45, 7) is 6.71. The first-order valence-electron chi connectivity index (χ1n) is 7.87. The molecule has 1 aliphatic carbocycles. The van der Waals surface area contributed by atoms with Crippen molar-refractivity contribution in [3.63, 3.8) is 0 Å². The van der Waals surface area contributed by atoms with Crippen molar-refractivity contribution < 1.29 is 14.6 Å². The van der Waals surface area contributed by atoms with Crippen LogP contribution in [0.3, 0.4) is 0 Å². The molecule has 1 atom stereocenters. The molecule has 0 spiro atoms. The molecule has 0 aliphatic heterocycles. The van der Waals surface area contributed by atoms with Gasteiger partial charge in [0.1, 0.15) is 11.4 Å². The van der Waals surface area contributed by atoms with Crippen LogP contribution >= 0.6 is 0 Å². The maximum Gasteiger partial charge on any atom is 0.407 e. The van der Waals surface area contributed by atoms with Gasteiger partial charge in [-0.25, -0.2) is 4.79 Å². The van der Waals surface area contributed by atoms with Crippen molar-refractivity contribution in [1.82, 2.24) is 10.6 Å². The number of hydrogen-bond donors (Lipinski definition) is 3. The van der Waals surface area contributed by atoms with Crippen molar-refractivity contribution in [1.29, 1.82) is 0 Å². The minimum Gasteiger partial charge on any atom is -0.508 e. The summed E-state index contributed by atoms with van der Waals surface area (Å²) in [5.41, 5.74) is 1.99. The lowest BCUT2D eigenvalue weighted by atomic mass is 9.87. The van der Waals surface area contributed by atoms with Gasteiger partial charge in [-0.3, -0.25) is 0 Å². The average molecular weight is 306 g/mol. The van der Waals surface area contributed by atoms with Gasteiger partial charge in [-0.2, -0.15) is 0 Å². The van der Waals surface area contributed by atoms with E-state index in [0.717, 1.165) is 19.3 Å². The van der Waals surface area contributed by atoms with Gasteiger partial charge in [0, 0.05) is 19.1 Å². The summed E-state index contributed by atoms with van der Waals surface area (Å²) in [6, 6.07) is 5.81. The normalized spacial score (nSPS) is 17.7. The van der Waals surface area contributed by atoms with Crippen LogP contribution in [-0.2, 0) is 11.2 Å². The number of carbonyl (C=O) groups is 1. The third kappa shape index (κ3) is 4.91. The number of aryl methyl sites for hydroxylation is 1. The monoisotopic (exact) mass is 306 g/mol. The van der Waals surface area contributed by atoms with Gasteiger partial charge in [0.15, 0.2) is 0 Å². The van der Waals surface area contributed by atoms with E-state index >= 15 is 0 Å². The Morgan fingerprint density at radius 3 is 2.86 bits per heavy atom. The van der Waals surface area contributed by atoms with Crippen LogP contribution in [0.1, 0.15) is 50.8 Å². The molecule has 1 aliphatic rings. The largest absolute Gasteiger partial charge is 0.508 e. The van der Waals surface area contributed by atoms with Gasteiger partial charge in [-0.05, 0) is 63.3 Å². The number of ether oxygens (including phenoxy) is 1. The molecule has 3 N–H and O–H groups in total. The van der Waals surface area contributed by atoms with E-state index < -0.39 is 11.7 Å². The highest BCUT2D eigenvalue weighted by atomic mass is 16.6. The molecule has 1 amide bonds. The minimum atomic E-state index is -0.475. The van der Waals surface area contributed by atoms with Gasteiger partial charge in [0.2, 0.25) is 0 Å². The smallest absolute Gasteiger partial charge is 0.407 e. The number of aromatic hydroxyl groups is 1. The zero-order chi connectivity index (χ0) is 16.2. The quantitative estimate of drug-likeness (QED) is 0.748. The van der Waals surface area contributed by atoms with Crippen LogP contribution in [0.25, 0.3) is 0 Å². The Bertz CT molecular complexity index is 523. The van der Waals surface area contributed by atoms with E-state index in [0.29, 0.717) is 18.8 Å². The fraction of sp³-hybridized carbons (Fsp3) is 0.588. The second-order valence-corrected chi connectivity index (χ2v) is 6.71. The van der Waals surface area contributed by atoms with Crippen molar-refractivity contribution in [2.75, 3.05) is 13.1 Å². The molecule has 0 aromatic heterocycles. The zero-order valence-corrected chi connectivity index (χ0v) is 13.6. The van der Waals surface area contributed by atoms with Gasteiger partial charge < -0.3 is 20.5 Å². The Morgan fingerprint density at radius 1 is 1.36 bits per heavy atom. The van der Waals surface area contributed by atoms with Crippen LogP contribution in [0, 0.1) is 0 Å². The number of carbonyl (C=O) groups excluding carboxylic acids is 1. The van der Waals surface area contributed by atoms with Crippen molar-refractivity contribution in [2.45, 2.75) is 51.7 Å². The molecule has 0 heterocycles. The molecule has 1 unspecified atom stereocenters. The highest BCUT2D eigenvalue weighted by Gasteiger charge is 2.20. The van der Waals surface area contributed by atoms with E-state index in [9.17, 15) is 9.90 Å². The maximum absolute atomic E-state index is 11.6. The second-order valence-electron chi connectivity index (χ2n) is 6.71. The first-order chi connectivity index (χ1) is 10.3. The second kappa shape index (κ2) is 7.01. The Labute approximate surface area is 132 Å². The molecule has 5 nitrogen and oxygen atoms in total. The van der Waals surface area contributed by atoms with E-state index in [1.807, 2.05) is 32.9 Å². The number of amides is 1. The summed E-state index contributed by atoms with van der Waals surface area (Å²) in [4.78, 5) is 11.6. The van der Waals surface area contributed by atoms with Crippen LogP contribution in [-0.4, -0.2) is 29.9 Å². The lowest BCUT2D eigenvalue weighted by Crippen LogP contribution is -2.37. The third-order valence-electron chi connectivity index (χ3n) is 3.63. The Hall–Kier alpha value is -1.75. The molecule has 1 aromatic carbocycles. The maximum atomic E-state index is 11.6. The molecule has 0 saturated heterocycles. The van der Waals surface area contributed by atoms with Crippen molar-refractivity contribution in [3.05, 3.63) is 29.3 Å². The number of fused-ring (bicyclic) bond motifs is 1. The first kappa shape index (κ1) is 16.6. The van der Waals surface area contributed by atoms with Gasteiger partial charge in [0.05, 0.1) is 0 Å². The molecule has 1 aromatic rings. The summed E-state index contributed by atoms with van der Waals surface area (Å²) in [5.74, 6) is 0.305. The van der Waals surface area contributed by atoms with Crippen LogP contribution in [0.4, 0.5) is 4.79 Å². The summed E-state index contributed by atoms with van der Waals surface area (Å²) in [7, 11) is 0. The van der Waals surface area contributed by atoms with E-state index in [4.69, 9.17) is 4.74 Å². The third-order valence-corrected chi connectivity index (χ3v) is 3.63.